The van der Waals surface area contributed by atoms with E-state index in [0.29, 0.717) is 22.0 Å². The van der Waals surface area contributed by atoms with Crippen LogP contribution < -0.4 is 0 Å². The van der Waals surface area contributed by atoms with Gasteiger partial charge in [-0.3, -0.25) is 0 Å². The lowest BCUT2D eigenvalue weighted by atomic mass is 9.82. The van der Waals surface area contributed by atoms with Crippen LogP contribution in [0.15, 0.2) is 48.5 Å². The molecule has 0 spiro atoms. The van der Waals surface area contributed by atoms with E-state index >= 15 is 0 Å². The Bertz CT molecular complexity index is 1720. The monoisotopic (exact) mass is 736 g/mol. The van der Waals surface area contributed by atoms with E-state index in [2.05, 4.69) is 132 Å². The maximum absolute atomic E-state index is 11.9. The molecule has 0 heterocycles. The average molecular weight is 737 g/mol. The Labute approximate surface area is 324 Å². The van der Waals surface area contributed by atoms with Crippen molar-refractivity contribution in [3.8, 4) is 33.8 Å². The number of phenolic OH excluding ortho intramolecular Hbond substituents is 2. The number of thioether (sulfide) groups is 2. The highest BCUT2D eigenvalue weighted by Gasteiger charge is 2.28. The number of benzene rings is 4. The van der Waals surface area contributed by atoms with Crippen LogP contribution >= 0.6 is 23.5 Å². The van der Waals surface area contributed by atoms with E-state index in [0.717, 1.165) is 44.9 Å². The second kappa shape index (κ2) is 16.3. The molecule has 1 fully saturated rings. The smallest absolute Gasteiger partial charge is 0.127 e. The maximum atomic E-state index is 11.9. The fourth-order valence-corrected chi connectivity index (χ4v) is 11.3. The molecule has 0 amide bonds. The SMILES string of the molecule is Cc1cc(C)c(-c2cc(C(C)(C)C)cc(CSC3CCCCCC[C@@H]3SCc3cc(C(C)(C)C)cc(-c4c(C)cc(C)cc4C)c3O)c2O)c(C)c1. The molecule has 0 saturated heterocycles. The minimum Gasteiger partial charge on any atom is -0.507 e. The van der Waals surface area contributed by atoms with Crippen LogP contribution in [0.2, 0.25) is 0 Å². The molecule has 2 atom stereocenters. The Morgan fingerprint density at radius 1 is 0.500 bits per heavy atom. The van der Waals surface area contributed by atoms with Gasteiger partial charge >= 0.3 is 0 Å². The van der Waals surface area contributed by atoms with Gasteiger partial charge in [0.1, 0.15) is 11.5 Å². The minimum absolute atomic E-state index is 0.0366. The van der Waals surface area contributed by atoms with Crippen LogP contribution in [0.3, 0.4) is 0 Å². The molecule has 2 N–H and O–H groups in total. The van der Waals surface area contributed by atoms with E-state index in [1.807, 2.05) is 23.5 Å². The first-order chi connectivity index (χ1) is 24.3. The molecule has 52 heavy (non-hydrogen) atoms. The zero-order valence-corrected chi connectivity index (χ0v) is 35.8. The Kier molecular flexibility index (Phi) is 12.6. The lowest BCUT2D eigenvalue weighted by molar-refractivity contribution is 0.470. The van der Waals surface area contributed by atoms with E-state index in [9.17, 15) is 10.2 Å². The Hall–Kier alpha value is -2.82. The molecular weight excluding hydrogens is 673 g/mol. The van der Waals surface area contributed by atoms with Gasteiger partial charge in [-0.25, -0.2) is 0 Å². The van der Waals surface area contributed by atoms with E-state index in [1.165, 1.54) is 83.0 Å². The molecule has 0 bridgehead atoms. The normalized spacial score (nSPS) is 17.2. The summed E-state index contributed by atoms with van der Waals surface area (Å²) >= 11 is 4.08. The molecule has 1 saturated carbocycles. The van der Waals surface area contributed by atoms with Gasteiger partial charge in [0, 0.05) is 44.3 Å². The predicted octanol–water partition coefficient (Wildman–Crippen LogP) is 14.1. The first kappa shape index (κ1) is 40.4. The van der Waals surface area contributed by atoms with Crippen LogP contribution in [0.4, 0.5) is 0 Å². The fourth-order valence-electron chi connectivity index (χ4n) is 8.26. The second-order valence-electron chi connectivity index (χ2n) is 17.8. The van der Waals surface area contributed by atoms with E-state index in [4.69, 9.17) is 0 Å². The largest absolute Gasteiger partial charge is 0.507 e. The van der Waals surface area contributed by atoms with Crippen LogP contribution in [-0.2, 0) is 22.3 Å². The van der Waals surface area contributed by atoms with Crippen molar-refractivity contribution in [2.24, 2.45) is 0 Å². The number of aromatic hydroxyl groups is 2. The minimum atomic E-state index is -0.0366. The molecule has 280 valence electrons. The quantitative estimate of drug-likeness (QED) is 0.189. The number of hydrogen-bond donors (Lipinski definition) is 2. The number of aryl methyl sites for hydroxylation is 6. The highest BCUT2D eigenvalue weighted by Crippen LogP contribution is 2.46. The summed E-state index contributed by atoms with van der Waals surface area (Å²) in [6, 6.07) is 17.9. The molecule has 4 aromatic rings. The first-order valence-corrected chi connectivity index (χ1v) is 21.6. The van der Waals surface area contributed by atoms with Gasteiger partial charge in [0.15, 0.2) is 0 Å². The molecule has 1 aliphatic rings. The first-order valence-electron chi connectivity index (χ1n) is 19.5. The third kappa shape index (κ3) is 9.27. The summed E-state index contributed by atoms with van der Waals surface area (Å²) in [5.74, 6) is 2.44. The summed E-state index contributed by atoms with van der Waals surface area (Å²) in [5.41, 5.74) is 16.1. The zero-order valence-electron chi connectivity index (χ0n) is 34.1. The molecular formula is C48H64O2S2. The Morgan fingerprint density at radius 3 is 1.13 bits per heavy atom. The summed E-state index contributed by atoms with van der Waals surface area (Å²) in [4.78, 5) is 0. The maximum Gasteiger partial charge on any atom is 0.127 e. The topological polar surface area (TPSA) is 40.5 Å². The molecule has 0 aliphatic heterocycles. The van der Waals surface area contributed by atoms with Crippen molar-refractivity contribution in [2.75, 3.05) is 0 Å². The summed E-state index contributed by atoms with van der Waals surface area (Å²) in [7, 11) is 0. The molecule has 5 rings (SSSR count). The Morgan fingerprint density at radius 2 is 0.827 bits per heavy atom. The summed E-state index contributed by atoms with van der Waals surface area (Å²) in [6.07, 6.45) is 7.45. The molecule has 0 radical (unpaired) electrons. The van der Waals surface area contributed by atoms with Gasteiger partial charge in [-0.2, -0.15) is 23.5 Å². The molecule has 4 heteroatoms. The molecule has 1 aliphatic carbocycles. The molecule has 1 unspecified atom stereocenters. The van der Waals surface area contributed by atoms with E-state index < -0.39 is 0 Å². The van der Waals surface area contributed by atoms with Crippen molar-refractivity contribution < 1.29 is 10.2 Å². The fraction of sp³-hybridized carbons (Fsp3) is 0.500. The van der Waals surface area contributed by atoms with Crippen LogP contribution in [0.25, 0.3) is 22.3 Å². The van der Waals surface area contributed by atoms with Crippen molar-refractivity contribution in [1.29, 1.82) is 0 Å². The molecule has 2 nitrogen and oxygen atoms in total. The van der Waals surface area contributed by atoms with Crippen LogP contribution in [0.1, 0.15) is 136 Å². The van der Waals surface area contributed by atoms with Gasteiger partial charge in [0.25, 0.3) is 0 Å². The summed E-state index contributed by atoms with van der Waals surface area (Å²) in [5, 5.41) is 24.8. The summed E-state index contributed by atoms with van der Waals surface area (Å²) in [6.45, 7) is 26.6. The number of hydrogen-bond acceptors (Lipinski definition) is 4. The number of phenols is 2. The highest BCUT2D eigenvalue weighted by molar-refractivity contribution is 8.03. The van der Waals surface area contributed by atoms with Crippen LogP contribution in [0.5, 0.6) is 11.5 Å². The van der Waals surface area contributed by atoms with E-state index in [-0.39, 0.29) is 10.8 Å². The predicted molar refractivity (Wildman–Crippen MR) is 231 cm³/mol. The number of rotatable bonds is 8. The third-order valence-electron chi connectivity index (χ3n) is 11.1. The zero-order chi connectivity index (χ0) is 38.1. The average Bonchev–Trinajstić information content (AvgIpc) is 3.01. The van der Waals surface area contributed by atoms with Gasteiger partial charge in [-0.05, 0) is 122 Å². The van der Waals surface area contributed by atoms with Crippen LogP contribution in [-0.4, -0.2) is 20.7 Å². The van der Waals surface area contributed by atoms with Crippen molar-refractivity contribution in [3.05, 3.63) is 104 Å². The van der Waals surface area contributed by atoms with Gasteiger partial charge in [-0.1, -0.05) is 115 Å². The van der Waals surface area contributed by atoms with Gasteiger partial charge in [0.2, 0.25) is 0 Å². The standard InChI is InChI=1S/C48H64O2S2/c1-29-19-31(3)43(32(4)20-29)39-25-37(47(7,8)9)23-35(45(39)49)27-51-41-17-15-13-14-16-18-42(41)52-28-36-24-38(48(10,11)12)26-40(46(36)50)44-33(5)21-30(2)22-34(44)6/h19-26,41-42,49-50H,13-18,27-28H2,1-12H3/t41-,42?/m0/s1. The summed E-state index contributed by atoms with van der Waals surface area (Å²) < 4.78 is 0. The highest BCUT2D eigenvalue weighted by atomic mass is 32.2. The van der Waals surface area contributed by atoms with Crippen LogP contribution in [0, 0.1) is 41.5 Å². The second-order valence-corrected chi connectivity index (χ2v) is 20.3. The molecule has 4 aromatic carbocycles. The van der Waals surface area contributed by atoms with Crippen molar-refractivity contribution in [3.63, 3.8) is 0 Å². The lowest BCUT2D eigenvalue weighted by Gasteiger charge is -2.30. The van der Waals surface area contributed by atoms with Gasteiger partial charge in [-0.15, -0.1) is 0 Å². The third-order valence-corrected chi connectivity index (χ3v) is 14.2. The van der Waals surface area contributed by atoms with Gasteiger partial charge < -0.3 is 10.2 Å². The van der Waals surface area contributed by atoms with Crippen molar-refractivity contribution in [1.82, 2.24) is 0 Å². The lowest BCUT2D eigenvalue weighted by Crippen LogP contribution is -2.22. The van der Waals surface area contributed by atoms with E-state index in [1.54, 1.807) is 0 Å². The van der Waals surface area contributed by atoms with Crippen molar-refractivity contribution >= 4 is 23.5 Å². The molecule has 0 aromatic heterocycles. The Balaban J connectivity index is 1.47. The van der Waals surface area contributed by atoms with Crippen molar-refractivity contribution in [2.45, 2.75) is 154 Å². The van der Waals surface area contributed by atoms with Gasteiger partial charge in [0.05, 0.1) is 0 Å².